The van der Waals surface area contributed by atoms with Crippen molar-refractivity contribution in [2.75, 3.05) is 31.3 Å². The van der Waals surface area contributed by atoms with Gasteiger partial charge in [0.25, 0.3) is 0 Å². The van der Waals surface area contributed by atoms with Crippen molar-refractivity contribution < 1.29 is 14.6 Å². The van der Waals surface area contributed by atoms with Gasteiger partial charge < -0.3 is 19.9 Å². The van der Waals surface area contributed by atoms with Gasteiger partial charge in [0.2, 0.25) is 5.13 Å². The number of thioether (sulfide) groups is 1. The third kappa shape index (κ3) is 5.36. The fourth-order valence-corrected chi connectivity index (χ4v) is 3.32. The molecule has 0 saturated heterocycles. The lowest BCUT2D eigenvalue weighted by Crippen LogP contribution is -2.19. The molecule has 8 heteroatoms. The Morgan fingerprint density at radius 3 is 2.68 bits per heavy atom. The highest BCUT2D eigenvalue weighted by Crippen LogP contribution is 2.26. The molecule has 2 N–H and O–H groups in total. The molecule has 0 aliphatic heterocycles. The summed E-state index contributed by atoms with van der Waals surface area (Å²) in [4.78, 5) is 0. The van der Waals surface area contributed by atoms with Gasteiger partial charge in [0, 0.05) is 12.3 Å². The van der Waals surface area contributed by atoms with Crippen LogP contribution in [0.3, 0.4) is 0 Å². The Morgan fingerprint density at radius 1 is 1.27 bits per heavy atom. The average Bonchev–Trinajstić information content (AvgIpc) is 2.99. The molecule has 2 aromatic rings. The minimum Gasteiger partial charge on any atom is -0.497 e. The molecule has 2 rings (SSSR count). The zero-order valence-corrected chi connectivity index (χ0v) is 14.1. The van der Waals surface area contributed by atoms with Crippen molar-refractivity contribution in [3.8, 4) is 11.5 Å². The number of benzene rings is 1. The number of methoxy groups -OCH3 is 1. The summed E-state index contributed by atoms with van der Waals surface area (Å²) in [5.41, 5.74) is 0. The number of hydrogen-bond donors (Lipinski definition) is 2. The quantitative estimate of drug-likeness (QED) is 0.679. The lowest BCUT2D eigenvalue weighted by Gasteiger charge is -2.11. The third-order valence-electron chi connectivity index (χ3n) is 2.64. The number of hydrogen-bond acceptors (Lipinski definition) is 8. The molecule has 0 saturated carbocycles. The minimum absolute atomic E-state index is 0.234. The number of aliphatic hydroxyl groups is 1. The van der Waals surface area contributed by atoms with Gasteiger partial charge in [-0.1, -0.05) is 23.1 Å². The fraction of sp³-hybridized carbons (Fsp3) is 0.429. The van der Waals surface area contributed by atoms with Crippen LogP contribution in [0.15, 0.2) is 28.6 Å². The molecule has 0 unspecified atom stereocenters. The van der Waals surface area contributed by atoms with Crippen LogP contribution in [0.1, 0.15) is 6.92 Å². The first-order valence-corrected chi connectivity index (χ1v) is 8.66. The second-order valence-corrected chi connectivity index (χ2v) is 6.60. The van der Waals surface area contributed by atoms with E-state index in [9.17, 15) is 5.11 Å². The van der Waals surface area contributed by atoms with Crippen LogP contribution in [-0.2, 0) is 0 Å². The Bertz CT molecular complexity index is 563. The highest BCUT2D eigenvalue weighted by molar-refractivity contribution is 8.01. The first kappa shape index (κ1) is 16.9. The number of nitrogens with one attached hydrogen (secondary N) is 1. The van der Waals surface area contributed by atoms with E-state index in [1.165, 1.54) is 23.1 Å². The van der Waals surface area contributed by atoms with Crippen molar-refractivity contribution >= 4 is 28.2 Å². The predicted molar refractivity (Wildman–Crippen MR) is 89.3 cm³/mol. The summed E-state index contributed by atoms with van der Waals surface area (Å²) in [5, 5.41) is 21.9. The van der Waals surface area contributed by atoms with Crippen LogP contribution >= 0.6 is 23.1 Å². The Morgan fingerprint density at radius 2 is 2.00 bits per heavy atom. The van der Waals surface area contributed by atoms with Gasteiger partial charge in [-0.3, -0.25) is 0 Å². The van der Waals surface area contributed by atoms with Crippen LogP contribution in [0, 0.1) is 0 Å². The van der Waals surface area contributed by atoms with E-state index in [1.807, 2.05) is 31.2 Å². The van der Waals surface area contributed by atoms with Crippen LogP contribution in [0.25, 0.3) is 0 Å². The van der Waals surface area contributed by atoms with E-state index in [-0.39, 0.29) is 6.61 Å². The first-order valence-electron chi connectivity index (χ1n) is 6.86. The molecule has 1 heterocycles. The molecule has 0 amide bonds. The van der Waals surface area contributed by atoms with E-state index in [0.717, 1.165) is 21.8 Å². The molecule has 1 aromatic carbocycles. The van der Waals surface area contributed by atoms with Gasteiger partial charge in [-0.25, -0.2) is 0 Å². The van der Waals surface area contributed by atoms with Gasteiger partial charge in [-0.2, -0.15) is 0 Å². The standard InChI is InChI=1S/C14H19N3O3S2/c1-3-15-13-16-17-14(22-13)21-9-10(18)8-20-12-6-4-11(19-2)5-7-12/h4-7,10,18H,3,8-9H2,1-2H3,(H,15,16)/t10-/m0/s1. The van der Waals surface area contributed by atoms with Gasteiger partial charge >= 0.3 is 0 Å². The van der Waals surface area contributed by atoms with Gasteiger partial charge in [0.05, 0.1) is 13.2 Å². The predicted octanol–water partition coefficient (Wildman–Crippen LogP) is 2.51. The topological polar surface area (TPSA) is 76.5 Å². The Kier molecular flexibility index (Phi) is 6.75. The van der Waals surface area contributed by atoms with Crippen molar-refractivity contribution in [2.45, 2.75) is 17.4 Å². The SMILES string of the molecule is CCNc1nnc(SC[C@@H](O)COc2ccc(OC)cc2)s1. The van der Waals surface area contributed by atoms with E-state index >= 15 is 0 Å². The highest BCUT2D eigenvalue weighted by atomic mass is 32.2. The van der Waals surface area contributed by atoms with E-state index in [2.05, 4.69) is 15.5 Å². The van der Waals surface area contributed by atoms with Gasteiger partial charge in [-0.15, -0.1) is 10.2 Å². The number of aromatic nitrogens is 2. The zero-order chi connectivity index (χ0) is 15.8. The van der Waals surface area contributed by atoms with Gasteiger partial charge in [0.1, 0.15) is 18.1 Å². The van der Waals surface area contributed by atoms with Crippen LogP contribution in [0.5, 0.6) is 11.5 Å². The van der Waals surface area contributed by atoms with Crippen molar-refractivity contribution in [3.63, 3.8) is 0 Å². The lowest BCUT2D eigenvalue weighted by molar-refractivity contribution is 0.126. The molecule has 0 radical (unpaired) electrons. The molecule has 1 atom stereocenters. The van der Waals surface area contributed by atoms with E-state index in [1.54, 1.807) is 7.11 Å². The fourth-order valence-electron chi connectivity index (χ4n) is 1.57. The molecule has 1 aromatic heterocycles. The van der Waals surface area contributed by atoms with Crippen molar-refractivity contribution in [1.29, 1.82) is 0 Å². The summed E-state index contributed by atoms with van der Waals surface area (Å²) >= 11 is 2.95. The molecular weight excluding hydrogens is 322 g/mol. The smallest absolute Gasteiger partial charge is 0.206 e. The second kappa shape index (κ2) is 8.82. The van der Waals surface area contributed by atoms with Crippen molar-refractivity contribution in [3.05, 3.63) is 24.3 Å². The average molecular weight is 341 g/mol. The molecule has 120 valence electrons. The Hall–Kier alpha value is -1.51. The number of rotatable bonds is 9. The maximum atomic E-state index is 9.95. The molecule has 0 aliphatic carbocycles. The largest absolute Gasteiger partial charge is 0.497 e. The van der Waals surface area contributed by atoms with Crippen LogP contribution in [0.2, 0.25) is 0 Å². The molecule has 0 aliphatic rings. The molecule has 0 spiro atoms. The Balaban J connectivity index is 1.71. The zero-order valence-electron chi connectivity index (χ0n) is 12.5. The minimum atomic E-state index is -0.571. The molecule has 6 nitrogen and oxygen atoms in total. The normalized spacial score (nSPS) is 12.0. The molecule has 22 heavy (non-hydrogen) atoms. The van der Waals surface area contributed by atoms with Crippen LogP contribution < -0.4 is 14.8 Å². The number of ether oxygens (including phenoxy) is 2. The number of anilines is 1. The maximum Gasteiger partial charge on any atom is 0.206 e. The second-order valence-electron chi connectivity index (χ2n) is 4.35. The van der Waals surface area contributed by atoms with Crippen LogP contribution in [0.4, 0.5) is 5.13 Å². The summed E-state index contributed by atoms with van der Waals surface area (Å²) in [6, 6.07) is 7.26. The summed E-state index contributed by atoms with van der Waals surface area (Å²) < 4.78 is 11.4. The van der Waals surface area contributed by atoms with Crippen LogP contribution in [-0.4, -0.2) is 47.4 Å². The summed E-state index contributed by atoms with van der Waals surface area (Å²) in [5.74, 6) is 1.99. The highest BCUT2D eigenvalue weighted by Gasteiger charge is 2.10. The van der Waals surface area contributed by atoms with E-state index in [4.69, 9.17) is 9.47 Å². The molecule has 0 bridgehead atoms. The van der Waals surface area contributed by atoms with E-state index < -0.39 is 6.10 Å². The first-order chi connectivity index (χ1) is 10.7. The van der Waals surface area contributed by atoms with Gasteiger partial charge in [-0.05, 0) is 31.2 Å². The summed E-state index contributed by atoms with van der Waals surface area (Å²) in [6.45, 7) is 3.06. The van der Waals surface area contributed by atoms with Crippen molar-refractivity contribution in [2.24, 2.45) is 0 Å². The number of nitrogens with zero attached hydrogens (tertiary/aromatic N) is 2. The summed E-state index contributed by atoms with van der Waals surface area (Å²) in [7, 11) is 1.62. The monoisotopic (exact) mass is 341 g/mol. The van der Waals surface area contributed by atoms with Crippen molar-refractivity contribution in [1.82, 2.24) is 10.2 Å². The van der Waals surface area contributed by atoms with Gasteiger partial charge in [0.15, 0.2) is 4.34 Å². The third-order valence-corrected chi connectivity index (χ3v) is 4.79. The lowest BCUT2D eigenvalue weighted by atomic mass is 10.3. The van der Waals surface area contributed by atoms with E-state index in [0.29, 0.717) is 11.5 Å². The number of aliphatic hydroxyl groups excluding tert-OH is 1. The summed E-state index contributed by atoms with van der Waals surface area (Å²) in [6.07, 6.45) is -0.571. The molecule has 0 fully saturated rings. The maximum absolute atomic E-state index is 9.95. The molecular formula is C14H19N3O3S2. The Labute approximate surface area is 137 Å².